The summed E-state index contributed by atoms with van der Waals surface area (Å²) in [6.07, 6.45) is 2.62. The Morgan fingerprint density at radius 1 is 1.40 bits per heavy atom. The van der Waals surface area contributed by atoms with Gasteiger partial charge in [-0.15, -0.1) is 0 Å². The maximum absolute atomic E-state index is 12.2. The molecule has 2 rings (SSSR count). The molecular weight excluding hydrogens is 256 g/mol. The highest BCUT2D eigenvalue weighted by Crippen LogP contribution is 2.16. The number of amides is 2. The van der Waals surface area contributed by atoms with Crippen LogP contribution in [0.15, 0.2) is 18.3 Å². The molecule has 6 nitrogen and oxygen atoms in total. The number of carbonyl (C=O) groups is 2. The molecule has 0 aliphatic carbocycles. The molecule has 1 N–H and O–H groups in total. The lowest BCUT2D eigenvalue weighted by atomic mass is 10.2. The van der Waals surface area contributed by atoms with Crippen molar-refractivity contribution in [1.29, 1.82) is 0 Å². The van der Waals surface area contributed by atoms with Crippen LogP contribution in [0.1, 0.15) is 12.6 Å². The summed E-state index contributed by atoms with van der Waals surface area (Å²) in [7, 11) is 1.60. The lowest BCUT2D eigenvalue weighted by Gasteiger charge is -2.33. The summed E-state index contributed by atoms with van der Waals surface area (Å²) in [4.78, 5) is 31.4. The zero-order chi connectivity index (χ0) is 14.5. The second-order valence-electron chi connectivity index (χ2n) is 4.79. The van der Waals surface area contributed by atoms with Gasteiger partial charge in [-0.1, -0.05) is 6.92 Å². The van der Waals surface area contributed by atoms with E-state index in [2.05, 4.69) is 10.3 Å². The van der Waals surface area contributed by atoms with Crippen molar-refractivity contribution in [1.82, 2.24) is 15.2 Å². The van der Waals surface area contributed by atoms with E-state index < -0.39 is 0 Å². The molecule has 2 amide bonds. The minimum Gasteiger partial charge on any atom is -0.358 e. The quantitative estimate of drug-likeness (QED) is 0.843. The molecule has 108 valence electrons. The summed E-state index contributed by atoms with van der Waals surface area (Å²) in [5.41, 5.74) is 1.84. The minimum absolute atomic E-state index is 0.00574. The third kappa shape index (κ3) is 3.33. The summed E-state index contributed by atoms with van der Waals surface area (Å²) < 4.78 is 0. The SMILES string of the molecule is CCc1ccc(N2CCN(CC(=O)NC)CC2=O)cn1. The monoisotopic (exact) mass is 276 g/mol. The molecule has 1 aliphatic rings. The van der Waals surface area contributed by atoms with Gasteiger partial charge in [-0.2, -0.15) is 0 Å². The van der Waals surface area contributed by atoms with E-state index in [9.17, 15) is 9.59 Å². The molecule has 0 spiro atoms. The normalized spacial score (nSPS) is 16.3. The molecule has 0 saturated carbocycles. The highest BCUT2D eigenvalue weighted by atomic mass is 16.2. The van der Waals surface area contributed by atoms with Gasteiger partial charge in [0.15, 0.2) is 0 Å². The first-order chi connectivity index (χ1) is 9.63. The Morgan fingerprint density at radius 3 is 2.75 bits per heavy atom. The van der Waals surface area contributed by atoms with E-state index in [1.165, 1.54) is 0 Å². The number of nitrogens with zero attached hydrogens (tertiary/aromatic N) is 3. The van der Waals surface area contributed by atoms with Gasteiger partial charge in [-0.3, -0.25) is 19.5 Å². The van der Waals surface area contributed by atoms with Crippen LogP contribution in [-0.2, 0) is 16.0 Å². The van der Waals surface area contributed by atoms with Crippen LogP contribution in [0.2, 0.25) is 0 Å². The standard InChI is InChI=1S/C14H20N4O2/c1-3-11-4-5-12(8-16-11)18-7-6-17(10-14(18)20)9-13(19)15-2/h4-5,8H,3,6-7,9-10H2,1-2H3,(H,15,19). The smallest absolute Gasteiger partial charge is 0.241 e. The lowest BCUT2D eigenvalue weighted by molar-refractivity contribution is -0.125. The number of anilines is 1. The molecule has 20 heavy (non-hydrogen) atoms. The van der Waals surface area contributed by atoms with Crippen LogP contribution in [0.4, 0.5) is 5.69 Å². The van der Waals surface area contributed by atoms with E-state index in [-0.39, 0.29) is 24.9 Å². The highest BCUT2D eigenvalue weighted by Gasteiger charge is 2.26. The number of aryl methyl sites for hydroxylation is 1. The number of aromatic nitrogens is 1. The van der Waals surface area contributed by atoms with E-state index >= 15 is 0 Å². The van der Waals surface area contributed by atoms with Crippen molar-refractivity contribution in [2.45, 2.75) is 13.3 Å². The van der Waals surface area contributed by atoms with Crippen molar-refractivity contribution in [3.05, 3.63) is 24.0 Å². The van der Waals surface area contributed by atoms with E-state index in [0.29, 0.717) is 13.1 Å². The van der Waals surface area contributed by atoms with Gasteiger partial charge in [-0.05, 0) is 18.6 Å². The predicted molar refractivity (Wildman–Crippen MR) is 76.5 cm³/mol. The first-order valence-electron chi connectivity index (χ1n) is 6.82. The molecule has 1 fully saturated rings. The summed E-state index contributed by atoms with van der Waals surface area (Å²) >= 11 is 0. The molecular formula is C14H20N4O2. The number of piperazine rings is 1. The van der Waals surface area contributed by atoms with Crippen molar-refractivity contribution in [3.63, 3.8) is 0 Å². The minimum atomic E-state index is -0.0692. The van der Waals surface area contributed by atoms with Gasteiger partial charge in [0.1, 0.15) is 0 Å². The summed E-state index contributed by atoms with van der Waals surface area (Å²) in [6, 6.07) is 3.87. The average Bonchev–Trinajstić information content (AvgIpc) is 2.47. The van der Waals surface area contributed by atoms with Crippen LogP contribution >= 0.6 is 0 Å². The Balaban J connectivity index is 1.98. The van der Waals surface area contributed by atoms with Crippen LogP contribution in [0.3, 0.4) is 0 Å². The molecule has 6 heteroatoms. The predicted octanol–water partition coefficient (Wildman–Crippen LogP) is 0.0386. The number of pyridine rings is 1. The van der Waals surface area contributed by atoms with Crippen molar-refractivity contribution in [3.8, 4) is 0 Å². The fourth-order valence-electron chi connectivity index (χ4n) is 2.20. The molecule has 1 aromatic heterocycles. The molecule has 0 unspecified atom stereocenters. The Bertz CT molecular complexity index is 486. The maximum atomic E-state index is 12.2. The van der Waals surface area contributed by atoms with Crippen LogP contribution < -0.4 is 10.2 Å². The number of carbonyl (C=O) groups excluding carboxylic acids is 2. The van der Waals surface area contributed by atoms with Gasteiger partial charge in [0.25, 0.3) is 0 Å². The molecule has 1 saturated heterocycles. The number of rotatable bonds is 4. The second kappa shape index (κ2) is 6.47. The lowest BCUT2D eigenvalue weighted by Crippen LogP contribution is -2.52. The molecule has 1 aliphatic heterocycles. The van der Waals surface area contributed by atoms with Crippen molar-refractivity contribution in [2.24, 2.45) is 0 Å². The fourth-order valence-corrected chi connectivity index (χ4v) is 2.20. The summed E-state index contributed by atoms with van der Waals surface area (Å²) in [5, 5.41) is 2.57. The highest BCUT2D eigenvalue weighted by molar-refractivity contribution is 5.95. The zero-order valence-corrected chi connectivity index (χ0v) is 11.9. The molecule has 0 aromatic carbocycles. The molecule has 0 atom stereocenters. The van der Waals surface area contributed by atoms with Gasteiger partial charge in [0.2, 0.25) is 11.8 Å². The van der Waals surface area contributed by atoms with E-state index in [4.69, 9.17) is 0 Å². The molecule has 1 aromatic rings. The molecule has 0 radical (unpaired) electrons. The van der Waals surface area contributed by atoms with Crippen molar-refractivity contribution < 1.29 is 9.59 Å². The molecule has 0 bridgehead atoms. The number of likely N-dealkylation sites (N-methyl/N-ethyl adjacent to an activating group) is 1. The van der Waals surface area contributed by atoms with Gasteiger partial charge in [-0.25, -0.2) is 0 Å². The van der Waals surface area contributed by atoms with Crippen LogP contribution in [0, 0.1) is 0 Å². The summed E-state index contributed by atoms with van der Waals surface area (Å²) in [5.74, 6) is -0.0635. The van der Waals surface area contributed by atoms with E-state index in [1.807, 2.05) is 24.0 Å². The van der Waals surface area contributed by atoms with Crippen molar-refractivity contribution >= 4 is 17.5 Å². The van der Waals surface area contributed by atoms with Crippen LogP contribution in [-0.4, -0.2) is 54.9 Å². The van der Waals surface area contributed by atoms with E-state index in [0.717, 1.165) is 17.8 Å². The fraction of sp³-hybridized carbons (Fsp3) is 0.500. The Kier molecular flexibility index (Phi) is 4.68. The van der Waals surface area contributed by atoms with Gasteiger partial charge in [0, 0.05) is 25.8 Å². The Hall–Kier alpha value is -1.95. The van der Waals surface area contributed by atoms with Gasteiger partial charge < -0.3 is 10.2 Å². The number of hydrogen-bond donors (Lipinski definition) is 1. The molecule has 2 heterocycles. The largest absolute Gasteiger partial charge is 0.358 e. The first kappa shape index (κ1) is 14.5. The van der Waals surface area contributed by atoms with Gasteiger partial charge >= 0.3 is 0 Å². The summed E-state index contributed by atoms with van der Waals surface area (Å²) in [6.45, 7) is 3.86. The van der Waals surface area contributed by atoms with Crippen molar-refractivity contribution in [2.75, 3.05) is 38.1 Å². The number of hydrogen-bond acceptors (Lipinski definition) is 4. The zero-order valence-electron chi connectivity index (χ0n) is 11.9. The third-order valence-corrected chi connectivity index (χ3v) is 3.43. The Morgan fingerprint density at radius 2 is 2.20 bits per heavy atom. The Labute approximate surface area is 118 Å². The first-order valence-corrected chi connectivity index (χ1v) is 6.82. The van der Waals surface area contributed by atoms with Gasteiger partial charge in [0.05, 0.1) is 25.0 Å². The van der Waals surface area contributed by atoms with Crippen LogP contribution in [0.5, 0.6) is 0 Å². The topological polar surface area (TPSA) is 65.5 Å². The second-order valence-corrected chi connectivity index (χ2v) is 4.79. The third-order valence-electron chi connectivity index (χ3n) is 3.43. The average molecular weight is 276 g/mol. The number of nitrogens with one attached hydrogen (secondary N) is 1. The van der Waals surface area contributed by atoms with E-state index in [1.54, 1.807) is 18.1 Å². The van der Waals surface area contributed by atoms with Crippen LogP contribution in [0.25, 0.3) is 0 Å². The maximum Gasteiger partial charge on any atom is 0.241 e.